The molecular weight excluding hydrogens is 310 g/mol. The third-order valence-corrected chi connectivity index (χ3v) is 4.94. The van der Waals surface area contributed by atoms with Gasteiger partial charge < -0.3 is 10.4 Å². The molecule has 0 radical (unpaired) electrons. The first-order valence-corrected chi connectivity index (χ1v) is 9.43. The van der Waals surface area contributed by atoms with Crippen LogP contribution in [0, 0.1) is 13.8 Å². The second-order valence-corrected chi connectivity index (χ2v) is 7.83. The van der Waals surface area contributed by atoms with E-state index >= 15 is 0 Å². The normalized spacial score (nSPS) is 13.0. The van der Waals surface area contributed by atoms with Gasteiger partial charge in [-0.3, -0.25) is 0 Å². The second kappa shape index (κ2) is 7.25. The average molecular weight is 333 g/mol. The van der Waals surface area contributed by atoms with Gasteiger partial charge in [-0.2, -0.15) is 0 Å². The van der Waals surface area contributed by atoms with Crippen molar-refractivity contribution in [3.8, 4) is 0 Å². The van der Waals surface area contributed by atoms with E-state index in [1.807, 2.05) is 19.9 Å². The van der Waals surface area contributed by atoms with Crippen molar-refractivity contribution >= 4 is 9.84 Å². The Morgan fingerprint density at radius 1 is 1.13 bits per heavy atom. The van der Waals surface area contributed by atoms with E-state index in [9.17, 15) is 8.42 Å². The monoisotopic (exact) mass is 333 g/mol. The van der Waals surface area contributed by atoms with Crippen LogP contribution in [0.25, 0.3) is 0 Å². The Labute approximate surface area is 138 Å². The zero-order valence-corrected chi connectivity index (χ0v) is 14.5. The number of sulfone groups is 1. The van der Waals surface area contributed by atoms with Crippen LogP contribution in [0.5, 0.6) is 0 Å². The highest BCUT2D eigenvalue weighted by Crippen LogP contribution is 2.27. The van der Waals surface area contributed by atoms with Crippen molar-refractivity contribution in [2.45, 2.75) is 24.8 Å². The van der Waals surface area contributed by atoms with Crippen LogP contribution in [0.1, 0.15) is 28.3 Å². The van der Waals surface area contributed by atoms with Crippen molar-refractivity contribution in [3.63, 3.8) is 0 Å². The van der Waals surface area contributed by atoms with Gasteiger partial charge in [-0.1, -0.05) is 35.9 Å². The molecule has 2 N–H and O–H groups in total. The van der Waals surface area contributed by atoms with E-state index in [2.05, 4.69) is 23.5 Å². The fourth-order valence-electron chi connectivity index (χ4n) is 2.61. The lowest BCUT2D eigenvalue weighted by atomic mass is 9.93. The summed E-state index contributed by atoms with van der Waals surface area (Å²) in [5, 5.41) is 12.5. The van der Waals surface area contributed by atoms with E-state index in [1.165, 1.54) is 6.26 Å². The van der Waals surface area contributed by atoms with E-state index in [0.717, 1.165) is 22.3 Å². The summed E-state index contributed by atoms with van der Waals surface area (Å²) < 4.78 is 23.6. The number of hydrogen-bond acceptors (Lipinski definition) is 4. The Kier molecular flexibility index (Phi) is 5.57. The van der Waals surface area contributed by atoms with E-state index in [1.54, 1.807) is 18.2 Å². The predicted octanol–water partition coefficient (Wildman–Crippen LogP) is 2.38. The molecule has 0 saturated carbocycles. The summed E-state index contributed by atoms with van der Waals surface area (Å²) in [7, 11) is -3.26. The molecule has 2 aromatic rings. The van der Waals surface area contributed by atoms with Crippen LogP contribution in [0.2, 0.25) is 0 Å². The number of aryl methyl sites for hydroxylation is 2. The first kappa shape index (κ1) is 17.7. The van der Waals surface area contributed by atoms with Crippen molar-refractivity contribution < 1.29 is 13.5 Å². The summed E-state index contributed by atoms with van der Waals surface area (Å²) in [5.74, 6) is 0. The summed E-state index contributed by atoms with van der Waals surface area (Å²) in [4.78, 5) is 0.302. The van der Waals surface area contributed by atoms with Crippen LogP contribution in [-0.4, -0.2) is 32.9 Å². The molecule has 0 saturated heterocycles. The lowest BCUT2D eigenvalue weighted by molar-refractivity contribution is 0.288. The summed E-state index contributed by atoms with van der Waals surface area (Å²) in [6.45, 7) is 4.51. The quantitative estimate of drug-likeness (QED) is 0.852. The standard InChI is InChI=1S/C18H23NO3S/c1-13-7-8-14(2)17(11-13)18(19-9-10-20)15-5-4-6-16(12-15)23(3,21)22/h4-8,11-12,18-20H,9-10H2,1-3H3/t18-/m0/s1. The van der Waals surface area contributed by atoms with Gasteiger partial charge in [-0.15, -0.1) is 0 Å². The van der Waals surface area contributed by atoms with Crippen molar-refractivity contribution in [1.29, 1.82) is 0 Å². The van der Waals surface area contributed by atoms with E-state index in [0.29, 0.717) is 11.4 Å². The van der Waals surface area contributed by atoms with Gasteiger partial charge in [0.05, 0.1) is 17.5 Å². The predicted molar refractivity (Wildman–Crippen MR) is 92.4 cm³/mol. The molecule has 2 rings (SSSR count). The SMILES string of the molecule is Cc1ccc(C)c([C@@H](NCCO)c2cccc(S(C)(=O)=O)c2)c1. The van der Waals surface area contributed by atoms with Crippen LogP contribution < -0.4 is 5.32 Å². The highest BCUT2D eigenvalue weighted by Gasteiger charge is 2.18. The maximum atomic E-state index is 11.8. The summed E-state index contributed by atoms with van der Waals surface area (Å²) in [6, 6.07) is 13.0. The van der Waals surface area contributed by atoms with Crippen molar-refractivity contribution in [3.05, 3.63) is 64.7 Å². The summed E-state index contributed by atoms with van der Waals surface area (Å²) in [5.41, 5.74) is 4.22. The zero-order chi connectivity index (χ0) is 17.0. The molecule has 0 spiro atoms. The van der Waals surface area contributed by atoms with Crippen LogP contribution in [0.4, 0.5) is 0 Å². The van der Waals surface area contributed by atoms with Crippen LogP contribution >= 0.6 is 0 Å². The zero-order valence-electron chi connectivity index (χ0n) is 13.7. The first-order chi connectivity index (χ1) is 10.8. The van der Waals surface area contributed by atoms with Gasteiger partial charge in [-0.25, -0.2) is 8.42 Å². The molecule has 0 aliphatic carbocycles. The van der Waals surface area contributed by atoms with Gasteiger partial charge >= 0.3 is 0 Å². The Bertz CT molecular complexity index is 785. The number of benzene rings is 2. The molecule has 0 unspecified atom stereocenters. The van der Waals surface area contributed by atoms with Crippen molar-refractivity contribution in [2.75, 3.05) is 19.4 Å². The smallest absolute Gasteiger partial charge is 0.175 e. The molecule has 0 aliphatic rings. The number of hydrogen-bond donors (Lipinski definition) is 2. The molecule has 5 heteroatoms. The Morgan fingerprint density at radius 3 is 2.52 bits per heavy atom. The molecular formula is C18H23NO3S. The van der Waals surface area contributed by atoms with E-state index in [-0.39, 0.29) is 12.6 Å². The minimum absolute atomic E-state index is 0.0210. The number of aliphatic hydroxyl groups is 1. The molecule has 124 valence electrons. The number of nitrogens with one attached hydrogen (secondary N) is 1. The lowest BCUT2D eigenvalue weighted by Gasteiger charge is -2.22. The van der Waals surface area contributed by atoms with E-state index < -0.39 is 9.84 Å². The van der Waals surface area contributed by atoms with Crippen LogP contribution in [0.15, 0.2) is 47.4 Å². The second-order valence-electron chi connectivity index (χ2n) is 5.82. The van der Waals surface area contributed by atoms with Gasteiger partial charge in [0.15, 0.2) is 9.84 Å². The minimum Gasteiger partial charge on any atom is -0.395 e. The fourth-order valence-corrected chi connectivity index (χ4v) is 3.29. The van der Waals surface area contributed by atoms with Crippen molar-refractivity contribution in [2.24, 2.45) is 0 Å². The molecule has 0 bridgehead atoms. The van der Waals surface area contributed by atoms with Gasteiger partial charge in [0.1, 0.15) is 0 Å². The topological polar surface area (TPSA) is 66.4 Å². The summed E-state index contributed by atoms with van der Waals surface area (Å²) in [6.07, 6.45) is 1.21. The maximum absolute atomic E-state index is 11.8. The molecule has 4 nitrogen and oxygen atoms in total. The van der Waals surface area contributed by atoms with Gasteiger partial charge in [-0.05, 0) is 42.7 Å². The van der Waals surface area contributed by atoms with Gasteiger partial charge in [0.2, 0.25) is 0 Å². The first-order valence-electron chi connectivity index (χ1n) is 7.54. The molecule has 0 aliphatic heterocycles. The maximum Gasteiger partial charge on any atom is 0.175 e. The Balaban J connectivity index is 2.53. The van der Waals surface area contributed by atoms with Crippen molar-refractivity contribution in [1.82, 2.24) is 5.32 Å². The Morgan fingerprint density at radius 2 is 1.87 bits per heavy atom. The van der Waals surface area contributed by atoms with Crippen LogP contribution in [-0.2, 0) is 9.84 Å². The summed E-state index contributed by atoms with van der Waals surface area (Å²) >= 11 is 0. The minimum atomic E-state index is -3.26. The average Bonchev–Trinajstić information content (AvgIpc) is 2.50. The molecule has 1 atom stereocenters. The Hall–Kier alpha value is -1.69. The van der Waals surface area contributed by atoms with Gasteiger partial charge in [0.25, 0.3) is 0 Å². The molecule has 0 aromatic heterocycles. The third kappa shape index (κ3) is 4.41. The molecule has 23 heavy (non-hydrogen) atoms. The lowest BCUT2D eigenvalue weighted by Crippen LogP contribution is -2.26. The molecule has 0 heterocycles. The number of aliphatic hydroxyl groups excluding tert-OH is 1. The highest BCUT2D eigenvalue weighted by atomic mass is 32.2. The highest BCUT2D eigenvalue weighted by molar-refractivity contribution is 7.90. The molecule has 2 aromatic carbocycles. The number of rotatable bonds is 6. The van der Waals surface area contributed by atoms with Gasteiger partial charge in [0, 0.05) is 12.8 Å². The third-order valence-electron chi connectivity index (χ3n) is 3.83. The largest absolute Gasteiger partial charge is 0.395 e. The molecule has 0 amide bonds. The van der Waals surface area contributed by atoms with Crippen LogP contribution in [0.3, 0.4) is 0 Å². The fraction of sp³-hybridized carbons (Fsp3) is 0.333. The molecule has 0 fully saturated rings. The van der Waals surface area contributed by atoms with E-state index in [4.69, 9.17) is 5.11 Å².